The van der Waals surface area contributed by atoms with Crippen molar-refractivity contribution < 1.29 is 18.6 Å². The van der Waals surface area contributed by atoms with Gasteiger partial charge in [0.1, 0.15) is 21.2 Å². The summed E-state index contributed by atoms with van der Waals surface area (Å²) in [6.45, 7) is 0. The molecule has 1 aliphatic rings. The van der Waals surface area contributed by atoms with E-state index in [9.17, 15) is 18.7 Å². The molecule has 1 fully saturated rings. The first-order valence-electron chi connectivity index (χ1n) is 7.15. The van der Waals surface area contributed by atoms with Crippen LogP contribution in [0.1, 0.15) is 23.8 Å². The molecule has 24 heavy (non-hydrogen) atoms. The first-order chi connectivity index (χ1) is 11.5. The van der Waals surface area contributed by atoms with Crippen molar-refractivity contribution >= 4 is 32.5 Å². The van der Waals surface area contributed by atoms with Gasteiger partial charge in [-0.1, -0.05) is 0 Å². The summed E-state index contributed by atoms with van der Waals surface area (Å²) in [6.07, 6.45) is 1.60. The fraction of sp³-hybridized carbons (Fsp3) is 0.250. The number of benzene rings is 1. The number of nitrogens with zero attached hydrogens (tertiary/aromatic N) is 2. The topological polar surface area (TPSA) is 75.2 Å². The van der Waals surface area contributed by atoms with Crippen LogP contribution >= 0.6 is 11.3 Å². The van der Waals surface area contributed by atoms with E-state index in [-0.39, 0.29) is 33.0 Å². The van der Waals surface area contributed by atoms with Gasteiger partial charge in [-0.05, 0) is 18.9 Å². The standard InChI is InChI=1S/C16H10F2N2O3S/c1-23-15-11(18)8(17)4-7-12(15)20(6-2-3-6)16-10(13(7)21)14(22)9(5-19)24-16/h4,6,22H,2-3H2,1H3. The number of aromatic nitrogens is 1. The maximum Gasteiger partial charge on any atom is 0.202 e. The van der Waals surface area contributed by atoms with E-state index in [1.807, 2.05) is 6.07 Å². The van der Waals surface area contributed by atoms with Gasteiger partial charge in [-0.15, -0.1) is 11.3 Å². The van der Waals surface area contributed by atoms with Crippen LogP contribution in [0.3, 0.4) is 0 Å². The molecule has 4 rings (SSSR count). The number of methoxy groups -OCH3 is 1. The molecule has 0 radical (unpaired) electrons. The molecule has 1 saturated carbocycles. The monoisotopic (exact) mass is 348 g/mol. The molecular weight excluding hydrogens is 338 g/mol. The Labute approximate surface area is 137 Å². The summed E-state index contributed by atoms with van der Waals surface area (Å²) < 4.78 is 34.8. The highest BCUT2D eigenvalue weighted by molar-refractivity contribution is 7.19. The molecule has 0 atom stereocenters. The van der Waals surface area contributed by atoms with Crippen molar-refractivity contribution in [3.05, 3.63) is 32.8 Å². The lowest BCUT2D eigenvalue weighted by atomic mass is 10.1. The Hall–Kier alpha value is -2.66. The van der Waals surface area contributed by atoms with Gasteiger partial charge in [-0.2, -0.15) is 9.65 Å². The van der Waals surface area contributed by atoms with Crippen LogP contribution in [0, 0.1) is 23.0 Å². The van der Waals surface area contributed by atoms with Crippen LogP contribution in [0.25, 0.3) is 21.1 Å². The summed E-state index contributed by atoms with van der Waals surface area (Å²) in [5.41, 5.74) is -0.494. The molecule has 0 amide bonds. The third-order valence-electron chi connectivity index (χ3n) is 4.16. The highest BCUT2D eigenvalue weighted by Gasteiger charge is 2.32. The van der Waals surface area contributed by atoms with E-state index in [4.69, 9.17) is 10.00 Å². The number of ether oxygens (including phenoxy) is 1. The van der Waals surface area contributed by atoms with E-state index in [0.29, 0.717) is 4.83 Å². The molecule has 122 valence electrons. The van der Waals surface area contributed by atoms with Crippen LogP contribution in [0.4, 0.5) is 8.78 Å². The second-order valence-electron chi connectivity index (χ2n) is 5.60. The SMILES string of the molecule is COc1c(F)c(F)cc2c(=O)c3c(O)c(C#N)sc3n(C3CC3)c12. The van der Waals surface area contributed by atoms with Crippen molar-refractivity contribution in [3.63, 3.8) is 0 Å². The minimum atomic E-state index is -1.20. The minimum absolute atomic E-state index is 0.00767. The van der Waals surface area contributed by atoms with Gasteiger partial charge in [0.05, 0.1) is 18.0 Å². The number of thiophene rings is 1. The quantitative estimate of drug-likeness (QED) is 0.770. The molecule has 0 saturated heterocycles. The van der Waals surface area contributed by atoms with Crippen molar-refractivity contribution in [1.29, 1.82) is 5.26 Å². The molecule has 8 heteroatoms. The molecule has 1 N–H and O–H groups in total. The van der Waals surface area contributed by atoms with Gasteiger partial charge in [0.25, 0.3) is 0 Å². The van der Waals surface area contributed by atoms with Crippen LogP contribution in [0.2, 0.25) is 0 Å². The third-order valence-corrected chi connectivity index (χ3v) is 5.25. The van der Waals surface area contributed by atoms with Crippen LogP contribution in [0.5, 0.6) is 11.5 Å². The maximum atomic E-state index is 14.2. The van der Waals surface area contributed by atoms with Crippen LogP contribution in [-0.4, -0.2) is 16.8 Å². The summed E-state index contributed by atoms with van der Waals surface area (Å²) in [7, 11) is 1.20. The van der Waals surface area contributed by atoms with Crippen LogP contribution in [0.15, 0.2) is 10.9 Å². The summed E-state index contributed by atoms with van der Waals surface area (Å²) in [5.74, 6) is -3.13. The number of halogens is 2. The van der Waals surface area contributed by atoms with E-state index in [1.54, 1.807) is 4.57 Å². The van der Waals surface area contributed by atoms with Gasteiger partial charge >= 0.3 is 0 Å². The van der Waals surface area contributed by atoms with Crippen molar-refractivity contribution in [2.45, 2.75) is 18.9 Å². The highest BCUT2D eigenvalue weighted by atomic mass is 32.1. The fourth-order valence-corrected chi connectivity index (χ4v) is 4.04. The Kier molecular flexibility index (Phi) is 3.05. The maximum absolute atomic E-state index is 14.2. The Morgan fingerprint density at radius 3 is 2.75 bits per heavy atom. The van der Waals surface area contributed by atoms with Gasteiger partial charge in [0, 0.05) is 6.04 Å². The Balaban J connectivity index is 2.35. The summed E-state index contributed by atoms with van der Waals surface area (Å²) in [4.78, 5) is 13.1. The average molecular weight is 348 g/mol. The van der Waals surface area contributed by atoms with Gasteiger partial charge in [-0.25, -0.2) is 4.39 Å². The molecule has 1 aromatic carbocycles. The van der Waals surface area contributed by atoms with Crippen LogP contribution < -0.4 is 10.2 Å². The second kappa shape index (κ2) is 4.92. The minimum Gasteiger partial charge on any atom is -0.505 e. The Morgan fingerprint density at radius 1 is 1.46 bits per heavy atom. The van der Waals surface area contributed by atoms with Gasteiger partial charge in [0.15, 0.2) is 17.3 Å². The van der Waals surface area contributed by atoms with Crippen molar-refractivity contribution in [2.24, 2.45) is 0 Å². The van der Waals surface area contributed by atoms with E-state index < -0.39 is 22.8 Å². The Bertz CT molecular complexity index is 1120. The molecule has 0 aliphatic heterocycles. The lowest BCUT2D eigenvalue weighted by Gasteiger charge is -2.15. The normalized spacial score (nSPS) is 14.2. The lowest BCUT2D eigenvalue weighted by Crippen LogP contribution is -2.12. The third kappa shape index (κ3) is 1.79. The number of aromatic hydroxyl groups is 1. The molecule has 0 unspecified atom stereocenters. The molecule has 0 spiro atoms. The number of nitriles is 1. The molecule has 2 aromatic heterocycles. The summed E-state index contributed by atoms with van der Waals surface area (Å²) >= 11 is 0.957. The van der Waals surface area contributed by atoms with E-state index in [0.717, 1.165) is 30.2 Å². The first-order valence-corrected chi connectivity index (χ1v) is 7.97. The molecule has 0 bridgehead atoms. The van der Waals surface area contributed by atoms with Gasteiger partial charge in [0.2, 0.25) is 11.2 Å². The largest absolute Gasteiger partial charge is 0.505 e. The van der Waals surface area contributed by atoms with Crippen molar-refractivity contribution in [1.82, 2.24) is 4.57 Å². The lowest BCUT2D eigenvalue weighted by molar-refractivity contribution is 0.375. The average Bonchev–Trinajstić information content (AvgIpc) is 3.34. The smallest absolute Gasteiger partial charge is 0.202 e. The van der Waals surface area contributed by atoms with E-state index in [2.05, 4.69) is 0 Å². The van der Waals surface area contributed by atoms with E-state index in [1.165, 1.54) is 7.11 Å². The van der Waals surface area contributed by atoms with Gasteiger partial charge in [-0.3, -0.25) is 4.79 Å². The highest BCUT2D eigenvalue weighted by Crippen LogP contribution is 2.46. The number of fused-ring (bicyclic) bond motifs is 2. The molecule has 2 heterocycles. The van der Waals surface area contributed by atoms with Gasteiger partial charge < -0.3 is 14.4 Å². The number of hydrogen-bond donors (Lipinski definition) is 1. The number of pyridine rings is 1. The number of rotatable bonds is 2. The second-order valence-corrected chi connectivity index (χ2v) is 6.60. The predicted molar refractivity (Wildman–Crippen MR) is 84.7 cm³/mol. The predicted octanol–water partition coefficient (Wildman–Crippen LogP) is 3.42. The molecular formula is C16H10F2N2O3S. The van der Waals surface area contributed by atoms with Crippen LogP contribution in [-0.2, 0) is 0 Å². The summed E-state index contributed by atoms with van der Waals surface area (Å²) in [6, 6.07) is 2.64. The summed E-state index contributed by atoms with van der Waals surface area (Å²) in [5, 5.41) is 19.2. The number of hydrogen-bond acceptors (Lipinski definition) is 5. The fourth-order valence-electron chi connectivity index (χ4n) is 2.97. The van der Waals surface area contributed by atoms with E-state index >= 15 is 0 Å². The zero-order valence-electron chi connectivity index (χ0n) is 12.4. The first kappa shape index (κ1) is 14.9. The van der Waals surface area contributed by atoms with Crippen molar-refractivity contribution in [2.75, 3.05) is 7.11 Å². The zero-order chi connectivity index (χ0) is 17.2. The molecule has 3 aromatic rings. The Morgan fingerprint density at radius 2 is 2.17 bits per heavy atom. The zero-order valence-corrected chi connectivity index (χ0v) is 13.2. The molecule has 1 aliphatic carbocycles. The van der Waals surface area contributed by atoms with Crippen molar-refractivity contribution in [3.8, 4) is 17.6 Å². The molecule has 5 nitrogen and oxygen atoms in total.